The standard InChI is InChI=1S/C11H21N/c1-7(2)11(3)9-5-4-8(6-9)10(11)12/h7-10H,4-6,12H2,1-3H3/t8-,9+,10-,11-/m0/s1. The zero-order chi connectivity index (χ0) is 8.93. The summed E-state index contributed by atoms with van der Waals surface area (Å²) >= 11 is 0. The van der Waals surface area contributed by atoms with Crippen LogP contribution in [0.15, 0.2) is 0 Å². The molecule has 0 heterocycles. The Labute approximate surface area is 75.7 Å². The topological polar surface area (TPSA) is 26.0 Å². The van der Waals surface area contributed by atoms with Gasteiger partial charge in [-0.15, -0.1) is 0 Å². The first-order valence-electron chi connectivity index (χ1n) is 5.32. The van der Waals surface area contributed by atoms with Gasteiger partial charge in [0, 0.05) is 6.04 Å². The van der Waals surface area contributed by atoms with E-state index in [0.717, 1.165) is 17.8 Å². The molecule has 0 aliphatic heterocycles. The van der Waals surface area contributed by atoms with Crippen molar-refractivity contribution in [1.82, 2.24) is 0 Å². The maximum Gasteiger partial charge on any atom is 0.0127 e. The van der Waals surface area contributed by atoms with E-state index in [1.807, 2.05) is 0 Å². The van der Waals surface area contributed by atoms with Crippen LogP contribution >= 0.6 is 0 Å². The molecule has 0 saturated heterocycles. The van der Waals surface area contributed by atoms with Crippen LogP contribution in [0.2, 0.25) is 0 Å². The van der Waals surface area contributed by atoms with Crippen molar-refractivity contribution < 1.29 is 0 Å². The summed E-state index contributed by atoms with van der Waals surface area (Å²) in [6.45, 7) is 7.08. The minimum absolute atomic E-state index is 0.447. The van der Waals surface area contributed by atoms with E-state index in [0.29, 0.717) is 11.5 Å². The molecule has 1 nitrogen and oxygen atoms in total. The van der Waals surface area contributed by atoms with Gasteiger partial charge in [0.15, 0.2) is 0 Å². The minimum Gasteiger partial charge on any atom is -0.327 e. The van der Waals surface area contributed by atoms with Gasteiger partial charge in [-0.2, -0.15) is 0 Å². The molecule has 4 atom stereocenters. The zero-order valence-electron chi connectivity index (χ0n) is 8.51. The van der Waals surface area contributed by atoms with Crippen molar-refractivity contribution in [3.8, 4) is 0 Å². The molecular formula is C11H21N. The normalized spacial score (nSPS) is 52.2. The second-order valence-corrected chi connectivity index (χ2v) is 5.32. The van der Waals surface area contributed by atoms with Crippen LogP contribution < -0.4 is 5.73 Å². The Morgan fingerprint density at radius 3 is 2.33 bits per heavy atom. The van der Waals surface area contributed by atoms with Gasteiger partial charge in [0.2, 0.25) is 0 Å². The van der Waals surface area contributed by atoms with Gasteiger partial charge in [-0.1, -0.05) is 20.8 Å². The van der Waals surface area contributed by atoms with Crippen molar-refractivity contribution in [2.75, 3.05) is 0 Å². The molecule has 0 aromatic rings. The van der Waals surface area contributed by atoms with Gasteiger partial charge in [0.05, 0.1) is 0 Å². The SMILES string of the molecule is CC(C)[C@@]1(C)[C@@H]2CC[C@@H](C2)[C@@H]1N. The van der Waals surface area contributed by atoms with Crippen LogP contribution in [-0.2, 0) is 0 Å². The smallest absolute Gasteiger partial charge is 0.0127 e. The third-order valence-corrected chi connectivity index (χ3v) is 4.82. The quantitative estimate of drug-likeness (QED) is 0.637. The highest BCUT2D eigenvalue weighted by atomic mass is 14.8. The van der Waals surface area contributed by atoms with E-state index in [1.54, 1.807) is 0 Å². The summed E-state index contributed by atoms with van der Waals surface area (Å²) in [5.74, 6) is 2.53. The van der Waals surface area contributed by atoms with Crippen molar-refractivity contribution >= 4 is 0 Å². The van der Waals surface area contributed by atoms with E-state index in [4.69, 9.17) is 5.73 Å². The number of fused-ring (bicyclic) bond motifs is 2. The van der Waals surface area contributed by atoms with Gasteiger partial charge in [0.1, 0.15) is 0 Å². The minimum atomic E-state index is 0.447. The van der Waals surface area contributed by atoms with E-state index in [-0.39, 0.29) is 0 Å². The van der Waals surface area contributed by atoms with Crippen LogP contribution in [0.4, 0.5) is 0 Å². The fraction of sp³-hybridized carbons (Fsp3) is 1.00. The fourth-order valence-electron chi connectivity index (χ4n) is 3.54. The Morgan fingerprint density at radius 2 is 2.00 bits per heavy atom. The largest absolute Gasteiger partial charge is 0.327 e. The molecule has 0 aromatic carbocycles. The summed E-state index contributed by atoms with van der Waals surface area (Å²) in [7, 11) is 0. The molecule has 2 saturated carbocycles. The summed E-state index contributed by atoms with van der Waals surface area (Å²) in [5.41, 5.74) is 6.75. The van der Waals surface area contributed by atoms with Crippen LogP contribution in [-0.4, -0.2) is 6.04 Å². The fourth-order valence-corrected chi connectivity index (χ4v) is 3.54. The maximum absolute atomic E-state index is 6.30. The highest BCUT2D eigenvalue weighted by molar-refractivity contribution is 5.07. The van der Waals surface area contributed by atoms with Crippen molar-refractivity contribution in [3.63, 3.8) is 0 Å². The van der Waals surface area contributed by atoms with Crippen LogP contribution in [0, 0.1) is 23.2 Å². The van der Waals surface area contributed by atoms with Crippen LogP contribution in [0.3, 0.4) is 0 Å². The molecule has 0 radical (unpaired) electrons. The molecule has 2 aliphatic carbocycles. The average molecular weight is 167 g/mol. The number of nitrogens with two attached hydrogens (primary N) is 1. The van der Waals surface area contributed by atoms with Crippen LogP contribution in [0.25, 0.3) is 0 Å². The molecule has 70 valence electrons. The van der Waals surface area contributed by atoms with E-state index in [9.17, 15) is 0 Å². The molecule has 2 rings (SSSR count). The van der Waals surface area contributed by atoms with Gasteiger partial charge >= 0.3 is 0 Å². The molecule has 0 amide bonds. The Hall–Kier alpha value is -0.0400. The monoisotopic (exact) mass is 167 g/mol. The Morgan fingerprint density at radius 1 is 1.33 bits per heavy atom. The van der Waals surface area contributed by atoms with Crippen molar-refractivity contribution in [2.45, 2.75) is 46.1 Å². The first-order chi connectivity index (χ1) is 5.56. The summed E-state index contributed by atoms with van der Waals surface area (Å²) in [5, 5.41) is 0. The first kappa shape index (κ1) is 8.55. The lowest BCUT2D eigenvalue weighted by Crippen LogP contribution is -2.47. The molecule has 2 N–H and O–H groups in total. The Bertz CT molecular complexity index is 183. The molecular weight excluding hydrogens is 146 g/mol. The lowest BCUT2D eigenvalue weighted by atomic mass is 9.65. The van der Waals surface area contributed by atoms with E-state index < -0.39 is 0 Å². The summed E-state index contributed by atoms with van der Waals surface area (Å²) in [6, 6.07) is 0.483. The first-order valence-corrected chi connectivity index (χ1v) is 5.32. The van der Waals surface area contributed by atoms with E-state index >= 15 is 0 Å². The highest BCUT2D eigenvalue weighted by Gasteiger charge is 2.54. The van der Waals surface area contributed by atoms with E-state index in [2.05, 4.69) is 20.8 Å². The molecule has 0 unspecified atom stereocenters. The van der Waals surface area contributed by atoms with Gasteiger partial charge < -0.3 is 5.73 Å². The average Bonchev–Trinajstić information content (AvgIpc) is 2.55. The lowest BCUT2D eigenvalue weighted by Gasteiger charge is -2.42. The predicted octanol–water partition coefficient (Wildman–Crippen LogP) is 2.41. The molecule has 2 bridgehead atoms. The van der Waals surface area contributed by atoms with Crippen molar-refractivity contribution in [3.05, 3.63) is 0 Å². The predicted molar refractivity (Wildman–Crippen MR) is 51.8 cm³/mol. The molecule has 0 spiro atoms. The Balaban J connectivity index is 2.26. The molecule has 1 heteroatoms. The molecule has 0 aromatic heterocycles. The summed E-state index contributed by atoms with van der Waals surface area (Å²) < 4.78 is 0. The highest BCUT2D eigenvalue weighted by Crippen LogP contribution is 2.58. The number of rotatable bonds is 1. The number of hydrogen-bond acceptors (Lipinski definition) is 1. The maximum atomic E-state index is 6.30. The Kier molecular flexibility index (Phi) is 1.76. The lowest BCUT2D eigenvalue weighted by molar-refractivity contribution is 0.0930. The third-order valence-electron chi connectivity index (χ3n) is 4.82. The van der Waals surface area contributed by atoms with Crippen molar-refractivity contribution in [1.29, 1.82) is 0 Å². The van der Waals surface area contributed by atoms with E-state index in [1.165, 1.54) is 19.3 Å². The van der Waals surface area contributed by atoms with Gasteiger partial charge in [-0.25, -0.2) is 0 Å². The van der Waals surface area contributed by atoms with Gasteiger partial charge in [-0.3, -0.25) is 0 Å². The third kappa shape index (κ3) is 0.834. The van der Waals surface area contributed by atoms with Crippen LogP contribution in [0.5, 0.6) is 0 Å². The summed E-state index contributed by atoms with van der Waals surface area (Å²) in [6.07, 6.45) is 4.25. The van der Waals surface area contributed by atoms with Crippen LogP contribution in [0.1, 0.15) is 40.0 Å². The number of hydrogen-bond donors (Lipinski definition) is 1. The molecule has 2 aliphatic rings. The zero-order valence-corrected chi connectivity index (χ0v) is 8.51. The second kappa shape index (κ2) is 2.47. The molecule has 2 fully saturated rings. The molecule has 12 heavy (non-hydrogen) atoms. The second-order valence-electron chi connectivity index (χ2n) is 5.32. The van der Waals surface area contributed by atoms with Gasteiger partial charge in [0.25, 0.3) is 0 Å². The van der Waals surface area contributed by atoms with Gasteiger partial charge in [-0.05, 0) is 42.4 Å². The summed E-state index contributed by atoms with van der Waals surface area (Å²) in [4.78, 5) is 0. The van der Waals surface area contributed by atoms with Crippen molar-refractivity contribution in [2.24, 2.45) is 28.9 Å².